The van der Waals surface area contributed by atoms with Gasteiger partial charge in [0.15, 0.2) is 0 Å². The Balaban J connectivity index is 2.94. The van der Waals surface area contributed by atoms with Gasteiger partial charge in [-0.25, -0.2) is 4.79 Å². The molecule has 0 aromatic rings. The van der Waals surface area contributed by atoms with Crippen LogP contribution < -0.4 is 27.4 Å². The fourth-order valence-corrected chi connectivity index (χ4v) is 3.64. The zero-order chi connectivity index (χ0) is 27.6. The number of nitrogens with one attached hydrogen (secondary N) is 3. The van der Waals surface area contributed by atoms with Gasteiger partial charge in [0, 0.05) is 12.3 Å². The van der Waals surface area contributed by atoms with Crippen molar-refractivity contribution in [2.24, 2.45) is 11.5 Å². The van der Waals surface area contributed by atoms with Crippen LogP contribution >= 0.6 is 12.6 Å². The molecule has 202 valence electrons. The lowest BCUT2D eigenvalue weighted by Crippen LogP contribution is -2.59. The van der Waals surface area contributed by atoms with Crippen molar-refractivity contribution in [3.05, 3.63) is 0 Å². The lowest BCUT2D eigenvalue weighted by atomic mass is 10.1. The Kier molecular flexibility index (Phi) is 12.1. The van der Waals surface area contributed by atoms with Crippen molar-refractivity contribution in [2.45, 2.75) is 55.9 Å². The molecule has 5 atom stereocenters. The minimum atomic E-state index is -1.63. The average molecular weight is 535 g/mol. The van der Waals surface area contributed by atoms with Crippen LogP contribution in [0.15, 0.2) is 0 Å². The quantitative estimate of drug-likeness (QED) is 0.0953. The van der Waals surface area contributed by atoms with Gasteiger partial charge in [0.1, 0.15) is 24.2 Å². The number of rotatable bonds is 14. The SMILES string of the molecule is NC(=O)C[C@H](NC(=O)[C@@H]1CCCN1C(=O)[C@@H](N)CC(=O)O)C(=O)N[C@@H](CO)C(=O)N[C@@H](CS)C(=O)O. The number of aliphatic hydroxyl groups excluding tert-OH is 1. The number of hydrogen-bond acceptors (Lipinski definition) is 10. The number of hydrogen-bond donors (Lipinski definition) is 9. The van der Waals surface area contributed by atoms with Crippen LogP contribution in [0.3, 0.4) is 0 Å². The molecule has 0 unspecified atom stereocenters. The molecule has 0 aliphatic carbocycles. The minimum absolute atomic E-state index is 0.111. The fraction of sp³-hybridized carbons (Fsp3) is 0.632. The van der Waals surface area contributed by atoms with Crippen LogP contribution in [-0.4, -0.2) is 111 Å². The highest BCUT2D eigenvalue weighted by Gasteiger charge is 2.38. The number of amides is 5. The zero-order valence-electron chi connectivity index (χ0n) is 19.1. The monoisotopic (exact) mass is 534 g/mol. The second-order valence-corrected chi connectivity index (χ2v) is 8.32. The van der Waals surface area contributed by atoms with Gasteiger partial charge < -0.3 is 47.6 Å². The molecule has 0 aromatic heterocycles. The van der Waals surface area contributed by atoms with Crippen molar-refractivity contribution < 1.29 is 48.9 Å². The number of nitrogens with two attached hydrogens (primary N) is 2. The second-order valence-electron chi connectivity index (χ2n) is 7.95. The first kappa shape index (κ1) is 30.6. The summed E-state index contributed by atoms with van der Waals surface area (Å²) in [6, 6.07) is -7.15. The van der Waals surface area contributed by atoms with Gasteiger partial charge in [-0.1, -0.05) is 0 Å². The summed E-state index contributed by atoms with van der Waals surface area (Å²) in [5, 5.41) is 33.8. The van der Waals surface area contributed by atoms with Crippen LogP contribution in [0.4, 0.5) is 0 Å². The maximum atomic E-state index is 12.9. The number of carboxylic acid groups (broad SMARTS) is 2. The van der Waals surface area contributed by atoms with E-state index in [0.717, 1.165) is 4.90 Å². The number of thiol groups is 1. The molecule has 1 saturated heterocycles. The Morgan fingerprint density at radius 2 is 1.53 bits per heavy atom. The molecule has 5 amide bonds. The van der Waals surface area contributed by atoms with Crippen LogP contribution in [0.5, 0.6) is 0 Å². The smallest absolute Gasteiger partial charge is 0.327 e. The van der Waals surface area contributed by atoms with Crippen molar-refractivity contribution >= 4 is 54.1 Å². The van der Waals surface area contributed by atoms with Gasteiger partial charge in [-0.2, -0.15) is 12.6 Å². The molecule has 10 N–H and O–H groups in total. The summed E-state index contributed by atoms with van der Waals surface area (Å²) in [5.41, 5.74) is 10.8. The normalized spacial score (nSPS) is 18.3. The topological polar surface area (TPSA) is 272 Å². The highest BCUT2D eigenvalue weighted by Crippen LogP contribution is 2.19. The number of carbonyl (C=O) groups is 7. The average Bonchev–Trinajstić information content (AvgIpc) is 3.28. The van der Waals surface area contributed by atoms with Crippen LogP contribution in [0.2, 0.25) is 0 Å². The van der Waals surface area contributed by atoms with Crippen molar-refractivity contribution in [3.8, 4) is 0 Å². The second kappa shape index (κ2) is 14.2. The molecule has 17 heteroatoms. The van der Waals surface area contributed by atoms with Crippen LogP contribution in [0.1, 0.15) is 25.7 Å². The Hall–Kier alpha value is -3.44. The molecule has 1 heterocycles. The van der Waals surface area contributed by atoms with Crippen molar-refractivity contribution in [1.82, 2.24) is 20.9 Å². The summed E-state index contributed by atoms with van der Waals surface area (Å²) in [6.45, 7) is -0.834. The summed E-state index contributed by atoms with van der Waals surface area (Å²) >= 11 is 3.79. The largest absolute Gasteiger partial charge is 0.481 e. The molecule has 0 bridgehead atoms. The molecule has 0 spiro atoms. The molecular weight excluding hydrogens is 504 g/mol. The van der Waals surface area contributed by atoms with E-state index >= 15 is 0 Å². The van der Waals surface area contributed by atoms with E-state index in [-0.39, 0.29) is 18.7 Å². The van der Waals surface area contributed by atoms with Gasteiger partial charge in [0.2, 0.25) is 29.5 Å². The Labute approximate surface area is 210 Å². The minimum Gasteiger partial charge on any atom is -0.481 e. The number of aliphatic carboxylic acids is 2. The van der Waals surface area contributed by atoms with E-state index in [2.05, 4.69) is 28.6 Å². The maximum absolute atomic E-state index is 12.9. The van der Waals surface area contributed by atoms with Gasteiger partial charge in [-0.3, -0.25) is 28.8 Å². The third kappa shape index (κ3) is 8.97. The number of aliphatic hydroxyl groups is 1. The van der Waals surface area contributed by atoms with E-state index in [1.54, 1.807) is 0 Å². The summed E-state index contributed by atoms with van der Waals surface area (Å²) in [6.07, 6.45) is -0.801. The maximum Gasteiger partial charge on any atom is 0.327 e. The third-order valence-corrected chi connectivity index (χ3v) is 5.57. The highest BCUT2D eigenvalue weighted by atomic mass is 32.1. The number of carboxylic acids is 2. The molecule has 0 radical (unpaired) electrons. The van der Waals surface area contributed by atoms with E-state index in [0.29, 0.717) is 6.42 Å². The molecule has 1 rings (SSSR count). The first-order valence-corrected chi connectivity index (χ1v) is 11.4. The predicted molar refractivity (Wildman–Crippen MR) is 123 cm³/mol. The Bertz CT molecular complexity index is 887. The Morgan fingerprint density at radius 1 is 0.944 bits per heavy atom. The first-order chi connectivity index (χ1) is 16.8. The van der Waals surface area contributed by atoms with E-state index < -0.39 is 91.1 Å². The standard InChI is InChI=1S/C19H30N6O10S/c20-8(4-14(28)29)18(33)25-3-1-2-12(25)17(32)22-9(5-13(21)27)15(30)23-10(6-26)16(31)24-11(7-36)19(34)35/h8-12,26,36H,1-7,20H2,(H2,21,27)(H,22,32)(H,23,30)(H,24,31)(H,28,29)(H,34,35)/t8-,9-,10-,11-,12-/m0/s1. The van der Waals surface area contributed by atoms with E-state index in [4.69, 9.17) is 21.7 Å². The van der Waals surface area contributed by atoms with Crippen molar-refractivity contribution in [1.29, 1.82) is 0 Å². The lowest BCUT2D eigenvalue weighted by Gasteiger charge is -2.28. The van der Waals surface area contributed by atoms with E-state index in [9.17, 15) is 38.7 Å². The van der Waals surface area contributed by atoms with Crippen molar-refractivity contribution in [3.63, 3.8) is 0 Å². The lowest BCUT2D eigenvalue weighted by molar-refractivity contribution is -0.144. The molecule has 36 heavy (non-hydrogen) atoms. The summed E-state index contributed by atoms with van der Waals surface area (Å²) in [5.74, 6) is -7.76. The molecule has 0 aromatic carbocycles. The van der Waals surface area contributed by atoms with Crippen LogP contribution in [0, 0.1) is 0 Å². The molecule has 1 fully saturated rings. The Morgan fingerprint density at radius 3 is 2.03 bits per heavy atom. The highest BCUT2D eigenvalue weighted by molar-refractivity contribution is 7.80. The van der Waals surface area contributed by atoms with Crippen molar-refractivity contribution in [2.75, 3.05) is 18.9 Å². The number of nitrogens with zero attached hydrogens (tertiary/aromatic N) is 1. The van der Waals surface area contributed by atoms with Gasteiger partial charge in [-0.05, 0) is 12.8 Å². The van der Waals surface area contributed by atoms with Crippen LogP contribution in [-0.2, 0) is 33.6 Å². The number of primary amides is 1. The molecule has 1 aliphatic rings. The summed E-state index contributed by atoms with van der Waals surface area (Å²) in [7, 11) is 0. The zero-order valence-corrected chi connectivity index (χ0v) is 20.0. The fourth-order valence-electron chi connectivity index (χ4n) is 3.39. The van der Waals surface area contributed by atoms with Gasteiger partial charge in [0.05, 0.1) is 25.5 Å². The van der Waals surface area contributed by atoms with E-state index in [1.165, 1.54) is 0 Å². The third-order valence-electron chi connectivity index (χ3n) is 5.20. The van der Waals surface area contributed by atoms with Gasteiger partial charge >= 0.3 is 11.9 Å². The van der Waals surface area contributed by atoms with E-state index in [1.807, 2.05) is 0 Å². The molecule has 0 saturated carbocycles. The summed E-state index contributed by atoms with van der Waals surface area (Å²) in [4.78, 5) is 84.8. The first-order valence-electron chi connectivity index (χ1n) is 10.7. The molecule has 16 nitrogen and oxygen atoms in total. The number of likely N-dealkylation sites (tertiary alicyclic amines) is 1. The van der Waals surface area contributed by atoms with Gasteiger partial charge in [-0.15, -0.1) is 0 Å². The number of carbonyl (C=O) groups excluding carboxylic acids is 5. The van der Waals surface area contributed by atoms with Crippen LogP contribution in [0.25, 0.3) is 0 Å². The predicted octanol–water partition coefficient (Wildman–Crippen LogP) is -4.88. The molecule has 1 aliphatic heterocycles. The summed E-state index contributed by atoms with van der Waals surface area (Å²) < 4.78 is 0. The molecular formula is C19H30N6O10S. The van der Waals surface area contributed by atoms with Gasteiger partial charge in [0.25, 0.3) is 0 Å².